The number of hydrogen-bond donors (Lipinski definition) is 0. The fraction of sp³-hybridized carbons (Fsp3) is 0.933. The van der Waals surface area contributed by atoms with Crippen molar-refractivity contribution in [2.75, 3.05) is 20.7 Å². The smallest absolute Gasteiger partial charge is 0.153 e. The van der Waals surface area contributed by atoms with Crippen molar-refractivity contribution in [3.63, 3.8) is 0 Å². The van der Waals surface area contributed by atoms with Crippen LogP contribution in [0.2, 0.25) is 0 Å². The zero-order chi connectivity index (χ0) is 13.0. The van der Waals surface area contributed by atoms with Gasteiger partial charge in [-0.3, -0.25) is 9.69 Å². The summed E-state index contributed by atoms with van der Waals surface area (Å²) < 4.78 is 5.62. The number of carbonyl (C=O) groups is 1. The predicted octanol–water partition coefficient (Wildman–Crippen LogP) is 2.78. The molecule has 0 aromatic rings. The van der Waals surface area contributed by atoms with E-state index in [-0.39, 0.29) is 5.54 Å². The van der Waals surface area contributed by atoms with E-state index in [4.69, 9.17) is 4.74 Å². The quantitative estimate of drug-likeness (QED) is 0.754. The Labute approximate surface area is 111 Å². The van der Waals surface area contributed by atoms with E-state index in [1.807, 2.05) is 0 Å². The molecule has 0 radical (unpaired) electrons. The summed E-state index contributed by atoms with van der Waals surface area (Å²) in [5.74, 6) is 0.447. The van der Waals surface area contributed by atoms with Crippen molar-refractivity contribution >= 4 is 5.78 Å². The fourth-order valence-corrected chi connectivity index (χ4v) is 3.51. The van der Waals surface area contributed by atoms with Gasteiger partial charge in [-0.2, -0.15) is 0 Å². The molecular formula is C15H27NO2. The number of ketones is 1. The van der Waals surface area contributed by atoms with Crippen LogP contribution in [0, 0.1) is 0 Å². The van der Waals surface area contributed by atoms with Gasteiger partial charge in [0.1, 0.15) is 0 Å². The van der Waals surface area contributed by atoms with Gasteiger partial charge >= 0.3 is 0 Å². The van der Waals surface area contributed by atoms with Gasteiger partial charge in [-0.15, -0.1) is 0 Å². The zero-order valence-corrected chi connectivity index (χ0v) is 11.9. The molecule has 1 heterocycles. The SMILES string of the molecule is CN(C)C1(C(=O)CCC2CCCO2)CCCCC1. The summed E-state index contributed by atoms with van der Waals surface area (Å²) in [6, 6.07) is 0. The zero-order valence-electron chi connectivity index (χ0n) is 11.9. The largest absolute Gasteiger partial charge is 0.378 e. The van der Waals surface area contributed by atoms with Crippen LogP contribution >= 0.6 is 0 Å². The topological polar surface area (TPSA) is 29.5 Å². The van der Waals surface area contributed by atoms with E-state index in [1.165, 1.54) is 19.3 Å². The van der Waals surface area contributed by atoms with Gasteiger partial charge in [-0.05, 0) is 46.2 Å². The molecule has 0 bridgehead atoms. The Hall–Kier alpha value is -0.410. The highest BCUT2D eigenvalue weighted by Gasteiger charge is 2.40. The maximum absolute atomic E-state index is 12.6. The van der Waals surface area contributed by atoms with E-state index < -0.39 is 0 Å². The Morgan fingerprint density at radius 1 is 1.22 bits per heavy atom. The Morgan fingerprint density at radius 3 is 2.50 bits per heavy atom. The summed E-state index contributed by atoms with van der Waals surface area (Å²) in [5, 5.41) is 0. The highest BCUT2D eigenvalue weighted by atomic mass is 16.5. The average molecular weight is 253 g/mol. The number of hydrogen-bond acceptors (Lipinski definition) is 3. The molecule has 1 aliphatic heterocycles. The summed E-state index contributed by atoms with van der Waals surface area (Å²) in [5.41, 5.74) is -0.170. The highest BCUT2D eigenvalue weighted by Crippen LogP contribution is 2.34. The Bertz CT molecular complexity index is 276. The minimum absolute atomic E-state index is 0.170. The lowest BCUT2D eigenvalue weighted by molar-refractivity contribution is -0.132. The standard InChI is InChI=1S/C15H27NO2/c1-16(2)15(10-4-3-5-11-15)14(17)9-8-13-7-6-12-18-13/h13H,3-12H2,1-2H3. The Morgan fingerprint density at radius 2 is 1.94 bits per heavy atom. The van der Waals surface area contributed by atoms with Crippen LogP contribution in [0.4, 0.5) is 0 Å². The molecule has 1 atom stereocenters. The Kier molecular flexibility index (Phi) is 4.79. The highest BCUT2D eigenvalue weighted by molar-refractivity contribution is 5.88. The normalized spacial score (nSPS) is 27.6. The number of carbonyl (C=O) groups excluding carboxylic acids is 1. The van der Waals surface area contributed by atoms with Crippen LogP contribution in [-0.4, -0.2) is 43.0 Å². The fourth-order valence-electron chi connectivity index (χ4n) is 3.51. The summed E-state index contributed by atoms with van der Waals surface area (Å²) in [6.07, 6.45) is 10.0. The molecule has 3 heteroatoms. The molecule has 1 saturated carbocycles. The van der Waals surface area contributed by atoms with Crippen LogP contribution in [0.3, 0.4) is 0 Å². The average Bonchev–Trinajstić information content (AvgIpc) is 2.89. The molecule has 1 unspecified atom stereocenters. The van der Waals surface area contributed by atoms with Gasteiger partial charge < -0.3 is 4.74 Å². The number of Topliss-reactive ketones (excluding diaryl/α,β-unsaturated/α-hetero) is 1. The second-order valence-corrected chi connectivity index (χ2v) is 6.08. The second-order valence-electron chi connectivity index (χ2n) is 6.08. The van der Waals surface area contributed by atoms with Crippen molar-refractivity contribution in [1.82, 2.24) is 4.90 Å². The molecule has 3 nitrogen and oxygen atoms in total. The molecule has 2 aliphatic rings. The van der Waals surface area contributed by atoms with Crippen LogP contribution in [0.25, 0.3) is 0 Å². The van der Waals surface area contributed by atoms with E-state index in [0.29, 0.717) is 18.3 Å². The maximum atomic E-state index is 12.6. The first kappa shape index (κ1) is 14.0. The third-order valence-corrected chi connectivity index (χ3v) is 4.77. The molecule has 0 amide bonds. The third kappa shape index (κ3) is 2.94. The van der Waals surface area contributed by atoms with Crippen LogP contribution in [0.5, 0.6) is 0 Å². The maximum Gasteiger partial charge on any atom is 0.153 e. The molecule has 2 fully saturated rings. The summed E-state index contributed by atoms with van der Waals surface area (Å²) in [7, 11) is 4.13. The van der Waals surface area contributed by atoms with Gasteiger partial charge in [0.2, 0.25) is 0 Å². The molecule has 2 rings (SSSR count). The monoisotopic (exact) mass is 253 g/mol. The van der Waals surface area contributed by atoms with Gasteiger partial charge in [-0.25, -0.2) is 0 Å². The first-order valence-corrected chi connectivity index (χ1v) is 7.47. The minimum Gasteiger partial charge on any atom is -0.378 e. The first-order valence-electron chi connectivity index (χ1n) is 7.47. The number of nitrogens with zero attached hydrogens (tertiary/aromatic N) is 1. The van der Waals surface area contributed by atoms with Gasteiger partial charge in [-0.1, -0.05) is 19.3 Å². The number of rotatable bonds is 5. The molecule has 104 valence electrons. The van der Waals surface area contributed by atoms with Gasteiger partial charge in [0.25, 0.3) is 0 Å². The molecule has 0 aromatic carbocycles. The lowest BCUT2D eigenvalue weighted by Gasteiger charge is -2.41. The van der Waals surface area contributed by atoms with Gasteiger partial charge in [0.15, 0.2) is 5.78 Å². The van der Waals surface area contributed by atoms with E-state index in [9.17, 15) is 4.79 Å². The van der Waals surface area contributed by atoms with E-state index >= 15 is 0 Å². The second kappa shape index (κ2) is 6.16. The van der Waals surface area contributed by atoms with Crippen LogP contribution in [0.15, 0.2) is 0 Å². The summed E-state index contributed by atoms with van der Waals surface area (Å²) in [6.45, 7) is 0.887. The van der Waals surface area contributed by atoms with E-state index in [0.717, 1.165) is 38.7 Å². The van der Waals surface area contributed by atoms with Gasteiger partial charge in [0, 0.05) is 13.0 Å². The lowest BCUT2D eigenvalue weighted by Crippen LogP contribution is -2.52. The third-order valence-electron chi connectivity index (χ3n) is 4.77. The van der Waals surface area contributed by atoms with Gasteiger partial charge in [0.05, 0.1) is 11.6 Å². The van der Waals surface area contributed by atoms with Crippen LogP contribution in [0.1, 0.15) is 57.8 Å². The van der Waals surface area contributed by atoms with Crippen molar-refractivity contribution in [2.24, 2.45) is 0 Å². The Balaban J connectivity index is 1.90. The molecule has 1 aliphatic carbocycles. The lowest BCUT2D eigenvalue weighted by atomic mass is 9.76. The number of ether oxygens (including phenoxy) is 1. The van der Waals surface area contributed by atoms with E-state index in [2.05, 4.69) is 19.0 Å². The molecule has 0 N–H and O–H groups in total. The summed E-state index contributed by atoms with van der Waals surface area (Å²) >= 11 is 0. The minimum atomic E-state index is -0.170. The first-order chi connectivity index (χ1) is 8.65. The molecule has 0 aromatic heterocycles. The van der Waals surface area contributed by atoms with Crippen LogP contribution < -0.4 is 0 Å². The molecule has 18 heavy (non-hydrogen) atoms. The predicted molar refractivity (Wildman–Crippen MR) is 72.7 cm³/mol. The van der Waals surface area contributed by atoms with Crippen molar-refractivity contribution in [2.45, 2.75) is 69.4 Å². The summed E-state index contributed by atoms with van der Waals surface area (Å²) in [4.78, 5) is 14.8. The van der Waals surface area contributed by atoms with Crippen molar-refractivity contribution in [3.8, 4) is 0 Å². The molecular weight excluding hydrogens is 226 g/mol. The van der Waals surface area contributed by atoms with Crippen molar-refractivity contribution < 1.29 is 9.53 Å². The van der Waals surface area contributed by atoms with Crippen molar-refractivity contribution in [1.29, 1.82) is 0 Å². The molecule has 1 saturated heterocycles. The van der Waals surface area contributed by atoms with Crippen LogP contribution in [-0.2, 0) is 9.53 Å². The number of likely N-dealkylation sites (N-methyl/N-ethyl adjacent to an activating group) is 1. The molecule has 0 spiro atoms. The van der Waals surface area contributed by atoms with E-state index in [1.54, 1.807) is 0 Å². The van der Waals surface area contributed by atoms with Crippen molar-refractivity contribution in [3.05, 3.63) is 0 Å².